The summed E-state index contributed by atoms with van der Waals surface area (Å²) in [7, 11) is 2.30. The van der Waals surface area contributed by atoms with Crippen molar-refractivity contribution >= 4 is 21.8 Å². The van der Waals surface area contributed by atoms with Gasteiger partial charge in [0.05, 0.1) is 0 Å². The molecule has 0 fully saturated rings. The molecule has 0 unspecified atom stereocenters. The van der Waals surface area contributed by atoms with Crippen molar-refractivity contribution in [3.8, 4) is 66.8 Å². The molecule has 76 heavy (non-hydrogen) atoms. The van der Waals surface area contributed by atoms with Crippen molar-refractivity contribution in [1.82, 2.24) is 4.57 Å². The van der Waals surface area contributed by atoms with Crippen molar-refractivity contribution in [2.45, 2.75) is 168 Å². The maximum absolute atomic E-state index is 2.60. The van der Waals surface area contributed by atoms with E-state index in [1.807, 2.05) is 0 Å². The maximum atomic E-state index is 2.60. The van der Waals surface area contributed by atoms with Crippen molar-refractivity contribution in [2.24, 2.45) is 7.05 Å². The Kier molecular flexibility index (Phi) is 11.5. The number of hydrogen-bond donors (Lipinski definition) is 0. The number of hydrogen-bond acceptors (Lipinski definition) is 0. The molecule has 384 valence electrons. The van der Waals surface area contributed by atoms with Gasteiger partial charge in [0.15, 0.2) is 0 Å². The van der Waals surface area contributed by atoms with Crippen LogP contribution in [0.4, 0.5) is 0 Å². The second kappa shape index (κ2) is 17.8. The van der Waals surface area contributed by atoms with E-state index in [9.17, 15) is 0 Å². The molecule has 4 aliphatic rings. The van der Waals surface area contributed by atoms with Crippen LogP contribution in [0, 0.1) is 0 Å². The average molecular weight is 994 g/mol. The zero-order chi connectivity index (χ0) is 52.6. The summed E-state index contributed by atoms with van der Waals surface area (Å²) < 4.78 is 2.48. The molecule has 0 N–H and O–H groups in total. The minimum atomic E-state index is -0.107. The molecule has 0 spiro atoms. The fraction of sp³-hybridized carbons (Fsp3) is 0.360. The summed E-state index contributed by atoms with van der Waals surface area (Å²) in [5.41, 5.74) is 33.5. The first-order valence-corrected chi connectivity index (χ1v) is 29.6. The van der Waals surface area contributed by atoms with Crippen molar-refractivity contribution in [3.63, 3.8) is 0 Å². The van der Waals surface area contributed by atoms with Gasteiger partial charge < -0.3 is 4.57 Å². The van der Waals surface area contributed by atoms with Gasteiger partial charge in [0.25, 0.3) is 0 Å². The van der Waals surface area contributed by atoms with Gasteiger partial charge in [-0.3, -0.25) is 0 Å². The summed E-state index contributed by atoms with van der Waals surface area (Å²) in [4.78, 5) is 0. The van der Waals surface area contributed by atoms with E-state index in [0.717, 1.165) is 12.8 Å². The second-order valence-electron chi connectivity index (χ2n) is 25.4. The molecule has 8 aromatic carbocycles. The predicted octanol–water partition coefficient (Wildman–Crippen LogP) is 20.9. The highest BCUT2D eigenvalue weighted by Crippen LogP contribution is 2.58. The van der Waals surface area contributed by atoms with Crippen molar-refractivity contribution in [1.29, 1.82) is 0 Å². The van der Waals surface area contributed by atoms with Crippen LogP contribution in [0.15, 0.2) is 133 Å². The molecule has 13 rings (SSSR count). The smallest absolute Gasteiger partial charge is 0.0495 e. The number of aryl methyl sites for hydroxylation is 3. The highest BCUT2D eigenvalue weighted by atomic mass is 14.9. The van der Waals surface area contributed by atoms with Gasteiger partial charge >= 0.3 is 0 Å². The zero-order valence-corrected chi connectivity index (χ0v) is 47.6. The number of fused-ring (bicyclic) bond motifs is 15. The van der Waals surface area contributed by atoms with Gasteiger partial charge in [-0.2, -0.15) is 0 Å². The Morgan fingerprint density at radius 3 is 0.987 bits per heavy atom. The molecule has 1 aromatic heterocycles. The van der Waals surface area contributed by atoms with E-state index in [1.54, 1.807) is 0 Å². The molecule has 0 amide bonds. The Labute approximate surface area is 454 Å². The van der Waals surface area contributed by atoms with Crippen molar-refractivity contribution < 1.29 is 0 Å². The normalized spacial score (nSPS) is 18.6. The summed E-state index contributed by atoms with van der Waals surface area (Å²) in [6.07, 6.45) is 14.8. The van der Waals surface area contributed by atoms with Gasteiger partial charge in [0, 0.05) is 50.5 Å². The monoisotopic (exact) mass is 994 g/mol. The Bertz CT molecular complexity index is 3610. The van der Waals surface area contributed by atoms with Crippen molar-refractivity contribution in [2.75, 3.05) is 0 Å². The first-order valence-electron chi connectivity index (χ1n) is 29.6. The molecule has 2 atom stereocenters. The Morgan fingerprint density at radius 1 is 0.316 bits per heavy atom. The van der Waals surface area contributed by atoms with E-state index in [0.29, 0.717) is 0 Å². The molecular weight excluding hydrogens is 915 g/mol. The van der Waals surface area contributed by atoms with Gasteiger partial charge in [0.2, 0.25) is 0 Å². The molecule has 1 heteroatoms. The number of aromatic nitrogens is 1. The second-order valence-corrected chi connectivity index (χ2v) is 25.4. The lowest BCUT2D eigenvalue weighted by atomic mass is 9.76. The van der Waals surface area contributed by atoms with E-state index in [2.05, 4.69) is 214 Å². The fourth-order valence-electron chi connectivity index (χ4n) is 15.3. The van der Waals surface area contributed by atoms with E-state index >= 15 is 0 Å². The summed E-state index contributed by atoms with van der Waals surface area (Å²) in [6.45, 7) is 24.2. The number of unbranched alkanes of at least 4 members (excludes halogenated alkanes) is 6. The van der Waals surface area contributed by atoms with Gasteiger partial charge in [0.1, 0.15) is 0 Å². The van der Waals surface area contributed by atoms with Crippen LogP contribution < -0.4 is 0 Å². The molecule has 9 aromatic rings. The van der Waals surface area contributed by atoms with E-state index in [1.165, 1.54) is 208 Å². The van der Waals surface area contributed by atoms with Crippen LogP contribution in [-0.2, 0) is 41.5 Å². The lowest BCUT2D eigenvalue weighted by Crippen LogP contribution is -2.19. The van der Waals surface area contributed by atoms with Crippen LogP contribution in [0.1, 0.15) is 189 Å². The van der Waals surface area contributed by atoms with E-state index < -0.39 is 0 Å². The van der Waals surface area contributed by atoms with Crippen LogP contribution in [-0.4, -0.2) is 4.57 Å². The Balaban J connectivity index is 0.826. The molecule has 0 aliphatic heterocycles. The van der Waals surface area contributed by atoms with Crippen LogP contribution in [0.3, 0.4) is 0 Å². The largest absolute Gasteiger partial charge is 0.344 e. The minimum absolute atomic E-state index is 0.0411. The number of benzene rings is 8. The predicted molar refractivity (Wildman–Crippen MR) is 326 cm³/mol. The Hall–Kier alpha value is -6.44. The number of nitrogens with zero attached hydrogens (tertiary/aromatic N) is 1. The zero-order valence-electron chi connectivity index (χ0n) is 47.6. The molecule has 1 heterocycles. The molecule has 1 nitrogen and oxygen atoms in total. The standard InChI is InChI=1S/C75H79N/c1-12-16-18-20-22-46-24-30-52-54-32-26-48(38-64(54)72(5,6)62(52)36-46)50-28-34-56-58-44-70-60(42-68(58)74(9,14-3)66(56)40-50)61-43-69-59(45-71(61)76(70)11)57-35-29-51(41-67(57)75(69,10)15-4)49-27-33-55-53-31-25-47(23-21-19-17-13-2)37-63(53)73(7,8)65(55)39-49/h24-45H,12-23H2,1-11H3/t74-,75+. The lowest BCUT2D eigenvalue weighted by molar-refractivity contribution is 0.565. The van der Waals surface area contributed by atoms with Gasteiger partial charge in [-0.1, -0.05) is 193 Å². The molecule has 0 saturated carbocycles. The van der Waals surface area contributed by atoms with Gasteiger partial charge in [-0.05, 0) is 209 Å². The minimum Gasteiger partial charge on any atom is -0.344 e. The third-order valence-electron chi connectivity index (χ3n) is 20.5. The Morgan fingerprint density at radius 2 is 0.632 bits per heavy atom. The van der Waals surface area contributed by atoms with Gasteiger partial charge in [-0.25, -0.2) is 0 Å². The van der Waals surface area contributed by atoms with E-state index in [-0.39, 0.29) is 21.7 Å². The SMILES string of the molecule is CCCCCCc1ccc2c(c1)C(C)(C)c1cc(-c3ccc4c(c3)[C@](C)(CC)c3cc5c6cc7c(cc6n(C)c5cc3-4)-c3ccc(-c4ccc5c(c4)C(C)(C)c4cc(CCCCCC)ccc4-5)cc3[C@@]7(C)CC)ccc1-2. The maximum Gasteiger partial charge on any atom is 0.0495 e. The molecule has 4 aliphatic carbocycles. The van der Waals surface area contributed by atoms with Crippen LogP contribution in [0.2, 0.25) is 0 Å². The van der Waals surface area contributed by atoms with Crippen LogP contribution in [0.5, 0.6) is 0 Å². The highest BCUT2D eigenvalue weighted by Gasteiger charge is 2.43. The first-order chi connectivity index (χ1) is 36.6. The summed E-state index contributed by atoms with van der Waals surface area (Å²) in [5, 5.41) is 2.74. The molecule has 0 bridgehead atoms. The molecule has 0 radical (unpaired) electrons. The molecule has 0 saturated heterocycles. The van der Waals surface area contributed by atoms with Crippen LogP contribution in [0.25, 0.3) is 88.6 Å². The van der Waals surface area contributed by atoms with Crippen molar-refractivity contribution in [3.05, 3.63) is 189 Å². The average Bonchev–Trinajstić information content (AvgIpc) is 4.31. The summed E-state index contributed by atoms with van der Waals surface area (Å²) in [5.74, 6) is 0. The third kappa shape index (κ3) is 7.08. The topological polar surface area (TPSA) is 4.93 Å². The summed E-state index contributed by atoms with van der Waals surface area (Å²) >= 11 is 0. The van der Waals surface area contributed by atoms with Gasteiger partial charge in [-0.15, -0.1) is 0 Å². The highest BCUT2D eigenvalue weighted by molar-refractivity contribution is 6.12. The first kappa shape index (κ1) is 49.2. The quantitative estimate of drug-likeness (QED) is 0.0957. The number of rotatable bonds is 14. The fourth-order valence-corrected chi connectivity index (χ4v) is 15.3. The third-order valence-corrected chi connectivity index (χ3v) is 20.5. The molecular formula is C75H79N. The van der Waals surface area contributed by atoms with E-state index in [4.69, 9.17) is 0 Å². The van der Waals surface area contributed by atoms with Crippen LogP contribution >= 0.6 is 0 Å². The lowest BCUT2D eigenvalue weighted by Gasteiger charge is -2.27. The summed E-state index contributed by atoms with van der Waals surface area (Å²) in [6, 6.07) is 54.3.